The lowest BCUT2D eigenvalue weighted by molar-refractivity contribution is 0.122. The molecule has 0 aromatic carbocycles. The van der Waals surface area contributed by atoms with Crippen LogP contribution in [0, 0.1) is 0 Å². The molecule has 2 aliphatic carbocycles. The molecule has 0 bridgehead atoms. The predicted octanol–water partition coefficient (Wildman–Crippen LogP) is 3.60. The van der Waals surface area contributed by atoms with E-state index in [0.29, 0.717) is 29.9 Å². The van der Waals surface area contributed by atoms with Gasteiger partial charge in [-0.15, -0.1) is 0 Å². The van der Waals surface area contributed by atoms with Crippen molar-refractivity contribution in [3.05, 3.63) is 24.7 Å². The van der Waals surface area contributed by atoms with Gasteiger partial charge in [0.2, 0.25) is 5.95 Å². The molecular weight excluding hydrogens is 442 g/mol. The largest absolute Gasteiger partial charge is 0.378 e. The van der Waals surface area contributed by atoms with Crippen molar-refractivity contribution in [3.8, 4) is 0 Å². The number of nitrogens with one attached hydrogen (secondary N) is 2. The highest BCUT2D eigenvalue weighted by Gasteiger charge is 2.24. The molecule has 2 saturated carbocycles. The van der Waals surface area contributed by atoms with Gasteiger partial charge in [0.25, 0.3) is 0 Å². The van der Waals surface area contributed by atoms with Gasteiger partial charge in [-0.05, 0) is 50.7 Å². The molecule has 4 N–H and O–H groups in total. The van der Waals surface area contributed by atoms with Gasteiger partial charge in [0, 0.05) is 31.2 Å². The van der Waals surface area contributed by atoms with Crippen LogP contribution in [0.3, 0.4) is 0 Å². The fourth-order valence-electron chi connectivity index (χ4n) is 5.54. The summed E-state index contributed by atoms with van der Waals surface area (Å²) in [5.74, 6) is 2.33. The molecular formula is C25H35N9O. The van der Waals surface area contributed by atoms with E-state index >= 15 is 0 Å². The standard InChI is InChI=1S/C25H35N9O/c26-17-5-7-18(8-6-17)30-25-31-23(22-24(32-25)34(16-28-22)20-3-1-2-4-20)29-19-9-10-21(27-15-19)33-11-13-35-14-12-33/h9-10,15-18,20H,1-8,11-14,26H2,(H2,29,30,31,32). The maximum atomic E-state index is 6.11. The Hall–Kier alpha value is -2.98. The minimum absolute atomic E-state index is 0.311. The van der Waals surface area contributed by atoms with Crippen LogP contribution in [0.4, 0.5) is 23.3 Å². The van der Waals surface area contributed by atoms with Crippen molar-refractivity contribution in [1.29, 1.82) is 0 Å². The first-order chi connectivity index (χ1) is 17.2. The lowest BCUT2D eigenvalue weighted by Crippen LogP contribution is -2.36. The van der Waals surface area contributed by atoms with E-state index in [1.54, 1.807) is 0 Å². The second kappa shape index (κ2) is 9.94. The molecule has 0 amide bonds. The molecule has 3 aliphatic rings. The molecule has 10 heteroatoms. The van der Waals surface area contributed by atoms with Crippen molar-refractivity contribution in [2.24, 2.45) is 5.73 Å². The number of pyridine rings is 1. The second-order valence-corrected chi connectivity index (χ2v) is 10.0. The van der Waals surface area contributed by atoms with Crippen molar-refractivity contribution in [1.82, 2.24) is 24.5 Å². The van der Waals surface area contributed by atoms with Crippen LogP contribution in [-0.4, -0.2) is 62.9 Å². The normalized spacial score (nSPS) is 23.6. The lowest BCUT2D eigenvalue weighted by Gasteiger charge is -2.27. The Morgan fingerprint density at radius 3 is 2.49 bits per heavy atom. The summed E-state index contributed by atoms with van der Waals surface area (Å²) < 4.78 is 7.70. The molecule has 6 rings (SSSR count). The maximum Gasteiger partial charge on any atom is 0.227 e. The van der Waals surface area contributed by atoms with E-state index in [4.69, 9.17) is 25.4 Å². The quantitative estimate of drug-likeness (QED) is 0.489. The molecule has 10 nitrogen and oxygen atoms in total. The van der Waals surface area contributed by atoms with Crippen LogP contribution in [0.1, 0.15) is 57.4 Å². The average Bonchev–Trinajstić information content (AvgIpc) is 3.57. The third-order valence-electron chi connectivity index (χ3n) is 7.59. The Balaban J connectivity index is 1.28. The van der Waals surface area contributed by atoms with E-state index in [2.05, 4.69) is 31.2 Å². The molecule has 0 spiro atoms. The summed E-state index contributed by atoms with van der Waals surface area (Å²) in [6.07, 6.45) is 12.8. The number of hydrogen-bond donors (Lipinski definition) is 3. The Bertz CT molecular complexity index is 1130. The Labute approximate surface area is 205 Å². The highest BCUT2D eigenvalue weighted by molar-refractivity contribution is 5.86. The number of hydrogen-bond acceptors (Lipinski definition) is 9. The number of nitrogens with zero attached hydrogens (tertiary/aromatic N) is 6. The van der Waals surface area contributed by atoms with Crippen LogP contribution in [0.2, 0.25) is 0 Å². The van der Waals surface area contributed by atoms with Crippen LogP contribution in [0.15, 0.2) is 24.7 Å². The number of aromatic nitrogens is 5. The Morgan fingerprint density at radius 2 is 1.74 bits per heavy atom. The number of anilines is 4. The first-order valence-corrected chi connectivity index (χ1v) is 13.1. The van der Waals surface area contributed by atoms with Gasteiger partial charge in [-0.25, -0.2) is 9.97 Å². The van der Waals surface area contributed by atoms with Crippen molar-refractivity contribution < 1.29 is 4.74 Å². The smallest absolute Gasteiger partial charge is 0.227 e. The third-order valence-corrected chi connectivity index (χ3v) is 7.59. The molecule has 186 valence electrons. The van der Waals surface area contributed by atoms with E-state index in [-0.39, 0.29) is 0 Å². The number of morpholine rings is 1. The summed E-state index contributed by atoms with van der Waals surface area (Å²) in [7, 11) is 0. The summed E-state index contributed by atoms with van der Waals surface area (Å²) in [6.45, 7) is 3.22. The number of ether oxygens (including phenoxy) is 1. The average molecular weight is 478 g/mol. The number of nitrogens with two attached hydrogens (primary N) is 1. The molecule has 3 fully saturated rings. The summed E-state index contributed by atoms with van der Waals surface area (Å²) >= 11 is 0. The first-order valence-electron chi connectivity index (χ1n) is 13.1. The number of fused-ring (bicyclic) bond motifs is 1. The van der Waals surface area contributed by atoms with Gasteiger partial charge in [-0.2, -0.15) is 9.97 Å². The van der Waals surface area contributed by atoms with Crippen molar-refractivity contribution in [3.63, 3.8) is 0 Å². The molecule has 3 aromatic rings. The van der Waals surface area contributed by atoms with Crippen molar-refractivity contribution >= 4 is 34.4 Å². The van der Waals surface area contributed by atoms with E-state index < -0.39 is 0 Å². The van der Waals surface area contributed by atoms with Gasteiger partial charge >= 0.3 is 0 Å². The SMILES string of the molecule is NC1CCC(Nc2nc(Nc3ccc(N4CCOCC4)nc3)c3ncn(C4CCCC4)c3n2)CC1. The highest BCUT2D eigenvalue weighted by Crippen LogP contribution is 2.34. The van der Waals surface area contributed by atoms with Crippen LogP contribution in [-0.2, 0) is 4.74 Å². The van der Waals surface area contributed by atoms with Gasteiger partial charge in [0.15, 0.2) is 17.0 Å². The molecule has 0 unspecified atom stereocenters. The number of rotatable bonds is 6. The van der Waals surface area contributed by atoms with Gasteiger partial charge in [-0.3, -0.25) is 0 Å². The van der Waals surface area contributed by atoms with Gasteiger partial charge < -0.3 is 30.6 Å². The highest BCUT2D eigenvalue weighted by atomic mass is 16.5. The molecule has 3 aromatic heterocycles. The minimum Gasteiger partial charge on any atom is -0.378 e. The minimum atomic E-state index is 0.311. The second-order valence-electron chi connectivity index (χ2n) is 10.0. The zero-order valence-corrected chi connectivity index (χ0v) is 20.2. The van der Waals surface area contributed by atoms with Crippen molar-refractivity contribution in [2.45, 2.75) is 69.5 Å². The van der Waals surface area contributed by atoms with Crippen molar-refractivity contribution in [2.75, 3.05) is 41.8 Å². The number of imidazole rings is 1. The monoisotopic (exact) mass is 477 g/mol. The van der Waals surface area contributed by atoms with Crippen LogP contribution >= 0.6 is 0 Å². The van der Waals surface area contributed by atoms with Crippen LogP contribution in [0.5, 0.6) is 0 Å². The molecule has 1 aliphatic heterocycles. The van der Waals surface area contributed by atoms with Crippen LogP contribution < -0.4 is 21.3 Å². The van der Waals surface area contributed by atoms with Gasteiger partial charge in [0.1, 0.15) is 5.82 Å². The fourth-order valence-corrected chi connectivity index (χ4v) is 5.54. The molecule has 0 radical (unpaired) electrons. The summed E-state index contributed by atoms with van der Waals surface area (Å²) in [6, 6.07) is 5.21. The van der Waals surface area contributed by atoms with Gasteiger partial charge in [0.05, 0.1) is 31.4 Å². The van der Waals surface area contributed by atoms with E-state index in [1.807, 2.05) is 18.6 Å². The third kappa shape index (κ3) is 4.90. The fraction of sp³-hybridized carbons (Fsp3) is 0.600. The molecule has 4 heterocycles. The summed E-state index contributed by atoms with van der Waals surface area (Å²) in [5.41, 5.74) is 8.68. The Kier molecular flexibility index (Phi) is 6.39. The first kappa shape index (κ1) is 22.5. The van der Waals surface area contributed by atoms with Gasteiger partial charge in [-0.1, -0.05) is 12.8 Å². The zero-order chi connectivity index (χ0) is 23.6. The van der Waals surface area contributed by atoms with E-state index in [0.717, 1.165) is 74.7 Å². The summed E-state index contributed by atoms with van der Waals surface area (Å²) in [5, 5.41) is 7.06. The maximum absolute atomic E-state index is 6.11. The Morgan fingerprint density at radius 1 is 0.943 bits per heavy atom. The van der Waals surface area contributed by atoms with E-state index in [1.165, 1.54) is 25.7 Å². The molecule has 35 heavy (non-hydrogen) atoms. The molecule has 1 saturated heterocycles. The van der Waals surface area contributed by atoms with E-state index in [9.17, 15) is 0 Å². The summed E-state index contributed by atoms with van der Waals surface area (Å²) in [4.78, 5) is 21.5. The zero-order valence-electron chi connectivity index (χ0n) is 20.2. The lowest BCUT2D eigenvalue weighted by atomic mass is 9.92. The predicted molar refractivity (Wildman–Crippen MR) is 137 cm³/mol. The topological polar surface area (TPSA) is 119 Å². The molecule has 0 atom stereocenters. The van der Waals surface area contributed by atoms with Crippen LogP contribution in [0.25, 0.3) is 11.2 Å².